The third-order valence-corrected chi connectivity index (χ3v) is 7.96. The van der Waals surface area contributed by atoms with Gasteiger partial charge in [-0.25, -0.2) is 13.1 Å². The summed E-state index contributed by atoms with van der Waals surface area (Å²) in [5.41, 5.74) is 0.899. The zero-order chi connectivity index (χ0) is 24.4. The van der Waals surface area contributed by atoms with Crippen LogP contribution >= 0.6 is 0 Å². The fourth-order valence-corrected chi connectivity index (χ4v) is 5.47. The number of sulfonamides is 1. The third-order valence-electron chi connectivity index (χ3n) is 6.42. The monoisotopic (exact) mass is 493 g/mol. The van der Waals surface area contributed by atoms with Crippen LogP contribution in [0.3, 0.4) is 0 Å². The van der Waals surface area contributed by atoms with Gasteiger partial charge < -0.3 is 10.1 Å². The van der Waals surface area contributed by atoms with Gasteiger partial charge in [0.1, 0.15) is 5.75 Å². The van der Waals surface area contributed by atoms with Crippen molar-refractivity contribution >= 4 is 21.8 Å². The molecule has 1 saturated carbocycles. The second-order valence-electron chi connectivity index (χ2n) is 9.59. The van der Waals surface area contributed by atoms with Crippen molar-refractivity contribution in [2.45, 2.75) is 70.8 Å². The average Bonchev–Trinajstić information content (AvgIpc) is 3.62. The number of ether oxygens (including phenoxy) is 1. The Kier molecular flexibility index (Phi) is 10.3. The van der Waals surface area contributed by atoms with Gasteiger partial charge >= 0.3 is 0 Å². The molecule has 0 spiro atoms. The highest BCUT2D eigenvalue weighted by Gasteiger charge is 2.25. The highest BCUT2D eigenvalue weighted by atomic mass is 32.2. The van der Waals surface area contributed by atoms with Crippen molar-refractivity contribution in [3.8, 4) is 5.75 Å². The van der Waals surface area contributed by atoms with Crippen LogP contribution in [0, 0.1) is 11.8 Å². The minimum atomic E-state index is -3.36. The van der Waals surface area contributed by atoms with E-state index in [-0.39, 0.29) is 29.5 Å². The van der Waals surface area contributed by atoms with E-state index in [2.05, 4.69) is 15.4 Å². The first kappa shape index (κ1) is 26.6. The molecule has 2 atom stereocenters. The highest BCUT2D eigenvalue weighted by molar-refractivity contribution is 7.89. The smallest absolute Gasteiger partial charge is 0.229 e. The fourth-order valence-electron chi connectivity index (χ4n) is 4.09. The number of amides is 2. The van der Waals surface area contributed by atoms with Crippen LogP contribution in [0.2, 0.25) is 0 Å². The van der Waals surface area contributed by atoms with E-state index in [1.807, 2.05) is 31.2 Å². The number of imide groups is 1. The summed E-state index contributed by atoms with van der Waals surface area (Å²) >= 11 is 0. The maximum Gasteiger partial charge on any atom is 0.229 e. The van der Waals surface area contributed by atoms with Crippen molar-refractivity contribution < 1.29 is 22.7 Å². The Hall–Kier alpha value is -1.97. The number of carbonyl (C=O) groups excluding carboxylic acids is 2. The Balaban J connectivity index is 1.23. The van der Waals surface area contributed by atoms with Crippen molar-refractivity contribution in [1.82, 2.24) is 15.4 Å². The lowest BCUT2D eigenvalue weighted by molar-refractivity contribution is -0.136. The van der Waals surface area contributed by atoms with E-state index in [0.29, 0.717) is 25.2 Å². The maximum atomic E-state index is 12.5. The van der Waals surface area contributed by atoms with Crippen LogP contribution in [0.15, 0.2) is 24.3 Å². The largest absolute Gasteiger partial charge is 0.493 e. The minimum Gasteiger partial charge on any atom is -0.493 e. The van der Waals surface area contributed by atoms with Crippen molar-refractivity contribution in [2.75, 3.05) is 25.4 Å². The number of carbonyl (C=O) groups is 2. The molecule has 34 heavy (non-hydrogen) atoms. The second-order valence-corrected chi connectivity index (χ2v) is 11.5. The van der Waals surface area contributed by atoms with E-state index in [1.165, 1.54) is 12.8 Å². The molecule has 1 unspecified atom stereocenters. The molecule has 2 aliphatic rings. The van der Waals surface area contributed by atoms with E-state index in [9.17, 15) is 18.0 Å². The minimum absolute atomic E-state index is 0.0458. The van der Waals surface area contributed by atoms with E-state index in [0.717, 1.165) is 56.7 Å². The summed E-state index contributed by atoms with van der Waals surface area (Å²) in [6.45, 7) is 4.20. The molecule has 2 amide bonds. The van der Waals surface area contributed by atoms with Crippen molar-refractivity contribution in [1.29, 1.82) is 0 Å². The fraction of sp³-hybridized carbons (Fsp3) is 0.680. The molecule has 1 aromatic rings. The summed E-state index contributed by atoms with van der Waals surface area (Å²) in [6, 6.07) is 7.34. The first-order valence-electron chi connectivity index (χ1n) is 12.6. The van der Waals surface area contributed by atoms with Gasteiger partial charge in [-0.3, -0.25) is 14.9 Å². The SMILES string of the molecule is C[C@@H](NS(=O)(=O)CCCCNCCCCC1CCC(=O)NC1=O)c1cccc(OCC2CC2)c1. The van der Waals surface area contributed by atoms with Gasteiger partial charge in [0.05, 0.1) is 12.4 Å². The topological polar surface area (TPSA) is 114 Å². The Morgan fingerprint density at radius 1 is 1.09 bits per heavy atom. The van der Waals surface area contributed by atoms with Gasteiger partial charge in [-0.15, -0.1) is 0 Å². The summed E-state index contributed by atoms with van der Waals surface area (Å²) in [4.78, 5) is 22.9. The van der Waals surface area contributed by atoms with Crippen molar-refractivity contribution in [3.63, 3.8) is 0 Å². The van der Waals surface area contributed by atoms with Gasteiger partial charge in [-0.1, -0.05) is 18.6 Å². The Morgan fingerprint density at radius 2 is 1.85 bits per heavy atom. The summed E-state index contributed by atoms with van der Waals surface area (Å²) in [5, 5.41) is 5.74. The molecule has 1 saturated heterocycles. The van der Waals surface area contributed by atoms with E-state index < -0.39 is 10.0 Å². The van der Waals surface area contributed by atoms with Crippen LogP contribution < -0.4 is 20.1 Å². The molecule has 1 aromatic carbocycles. The maximum absolute atomic E-state index is 12.5. The Labute approximate surface area is 203 Å². The lowest BCUT2D eigenvalue weighted by atomic mass is 9.93. The summed E-state index contributed by atoms with van der Waals surface area (Å²) in [6.07, 6.45) is 7.62. The van der Waals surface area contributed by atoms with E-state index in [1.54, 1.807) is 0 Å². The van der Waals surface area contributed by atoms with Gasteiger partial charge in [-0.2, -0.15) is 0 Å². The summed E-state index contributed by atoms with van der Waals surface area (Å²) in [5.74, 6) is 1.22. The highest BCUT2D eigenvalue weighted by Crippen LogP contribution is 2.30. The summed E-state index contributed by atoms with van der Waals surface area (Å²) in [7, 11) is -3.36. The molecule has 8 nitrogen and oxygen atoms in total. The Morgan fingerprint density at radius 3 is 2.59 bits per heavy atom. The molecule has 1 aliphatic heterocycles. The quantitative estimate of drug-likeness (QED) is 0.241. The molecule has 2 fully saturated rings. The normalized spacial score (nSPS) is 19.6. The first-order chi connectivity index (χ1) is 16.3. The van der Waals surface area contributed by atoms with Crippen LogP contribution in [0.4, 0.5) is 0 Å². The molecule has 1 aliphatic carbocycles. The lowest BCUT2D eigenvalue weighted by Crippen LogP contribution is -2.40. The van der Waals surface area contributed by atoms with Gasteiger partial charge in [0, 0.05) is 18.4 Å². The standard InChI is InChI=1S/C25H39N3O5S/c1-19(22-8-6-9-23(17-22)33-18-20-10-11-20)28-34(31,32)16-5-4-15-26-14-3-2-7-21-12-13-24(29)27-25(21)30/h6,8-9,17,19-21,26,28H,2-5,7,10-16,18H2,1H3,(H,27,29,30)/t19-,21?/m1/s1. The summed E-state index contributed by atoms with van der Waals surface area (Å²) < 4.78 is 33.5. The van der Waals surface area contributed by atoms with E-state index in [4.69, 9.17) is 4.74 Å². The molecule has 0 bridgehead atoms. The number of hydrogen-bond acceptors (Lipinski definition) is 6. The predicted octanol–water partition coefficient (Wildman–Crippen LogP) is 3.05. The first-order valence-corrected chi connectivity index (χ1v) is 14.2. The number of rotatable bonds is 16. The zero-order valence-electron chi connectivity index (χ0n) is 20.2. The molecule has 3 N–H and O–H groups in total. The number of unbranched alkanes of at least 4 members (excludes halogenated alkanes) is 2. The third kappa shape index (κ3) is 9.72. The van der Waals surface area contributed by atoms with Gasteiger partial charge in [0.25, 0.3) is 0 Å². The number of benzene rings is 1. The molecule has 0 radical (unpaired) electrons. The molecular formula is C25H39N3O5S. The number of piperidine rings is 1. The van der Waals surface area contributed by atoms with Gasteiger partial charge in [0.2, 0.25) is 21.8 Å². The predicted molar refractivity (Wildman–Crippen MR) is 132 cm³/mol. The van der Waals surface area contributed by atoms with Gasteiger partial charge in [-0.05, 0) is 88.6 Å². The van der Waals surface area contributed by atoms with Crippen molar-refractivity contribution in [3.05, 3.63) is 29.8 Å². The molecular weight excluding hydrogens is 454 g/mol. The molecule has 1 heterocycles. The Bertz CT molecular complexity index is 917. The zero-order valence-corrected chi connectivity index (χ0v) is 21.0. The van der Waals surface area contributed by atoms with Crippen LogP contribution in [0.25, 0.3) is 0 Å². The van der Waals surface area contributed by atoms with Gasteiger partial charge in [0.15, 0.2) is 0 Å². The van der Waals surface area contributed by atoms with Crippen LogP contribution in [0.1, 0.15) is 76.3 Å². The van der Waals surface area contributed by atoms with Crippen molar-refractivity contribution in [2.24, 2.45) is 11.8 Å². The molecule has 9 heteroatoms. The molecule has 190 valence electrons. The second kappa shape index (κ2) is 13.2. The van der Waals surface area contributed by atoms with Crippen LogP contribution in [-0.4, -0.2) is 45.7 Å². The number of nitrogens with one attached hydrogen (secondary N) is 3. The van der Waals surface area contributed by atoms with Crippen LogP contribution in [0.5, 0.6) is 5.75 Å². The molecule has 0 aromatic heterocycles. The number of hydrogen-bond donors (Lipinski definition) is 3. The van der Waals surface area contributed by atoms with E-state index >= 15 is 0 Å². The average molecular weight is 494 g/mol. The lowest BCUT2D eigenvalue weighted by Gasteiger charge is -2.20. The van der Waals surface area contributed by atoms with Crippen LogP contribution in [-0.2, 0) is 19.6 Å². The molecule has 3 rings (SSSR count).